The van der Waals surface area contributed by atoms with Crippen molar-refractivity contribution in [1.82, 2.24) is 4.98 Å². The van der Waals surface area contributed by atoms with E-state index >= 15 is 0 Å². The SMILES string of the molecule is C[C@@H](N)c1ccnc(N(C)CC2CCC2)c1. The number of aromatic nitrogens is 1. The fraction of sp³-hybridized carbons (Fsp3) is 0.615. The van der Waals surface area contributed by atoms with Gasteiger partial charge in [-0.2, -0.15) is 0 Å². The molecule has 16 heavy (non-hydrogen) atoms. The maximum absolute atomic E-state index is 5.88. The lowest BCUT2D eigenvalue weighted by atomic mass is 9.85. The fourth-order valence-electron chi connectivity index (χ4n) is 2.08. The molecule has 0 radical (unpaired) electrons. The number of anilines is 1. The molecule has 3 nitrogen and oxygen atoms in total. The van der Waals surface area contributed by atoms with Crippen LogP contribution in [-0.2, 0) is 0 Å². The average molecular weight is 219 g/mol. The quantitative estimate of drug-likeness (QED) is 0.845. The molecule has 3 heteroatoms. The summed E-state index contributed by atoms with van der Waals surface area (Å²) in [7, 11) is 2.12. The highest BCUT2D eigenvalue weighted by Crippen LogP contribution is 2.28. The minimum absolute atomic E-state index is 0.0823. The van der Waals surface area contributed by atoms with Crippen LogP contribution in [0.5, 0.6) is 0 Å². The Morgan fingerprint density at radius 1 is 1.56 bits per heavy atom. The predicted molar refractivity (Wildman–Crippen MR) is 67.5 cm³/mol. The monoisotopic (exact) mass is 219 g/mol. The molecular weight excluding hydrogens is 198 g/mol. The minimum atomic E-state index is 0.0823. The van der Waals surface area contributed by atoms with Gasteiger partial charge in [0.1, 0.15) is 5.82 Å². The molecule has 1 aromatic rings. The second-order valence-corrected chi connectivity index (χ2v) is 4.91. The molecular formula is C13H21N3. The normalized spacial score (nSPS) is 17.9. The summed E-state index contributed by atoms with van der Waals surface area (Å²) >= 11 is 0. The largest absolute Gasteiger partial charge is 0.359 e. The molecule has 0 bridgehead atoms. The van der Waals surface area contributed by atoms with E-state index in [0.717, 1.165) is 23.8 Å². The van der Waals surface area contributed by atoms with E-state index in [0.29, 0.717) is 0 Å². The van der Waals surface area contributed by atoms with Crippen molar-refractivity contribution in [3.63, 3.8) is 0 Å². The highest BCUT2D eigenvalue weighted by Gasteiger charge is 2.19. The van der Waals surface area contributed by atoms with Gasteiger partial charge in [-0.3, -0.25) is 0 Å². The van der Waals surface area contributed by atoms with Crippen LogP contribution in [0.25, 0.3) is 0 Å². The van der Waals surface area contributed by atoms with Gasteiger partial charge in [-0.25, -0.2) is 4.98 Å². The third-order valence-corrected chi connectivity index (χ3v) is 3.44. The van der Waals surface area contributed by atoms with Crippen molar-refractivity contribution in [3.8, 4) is 0 Å². The number of rotatable bonds is 4. The van der Waals surface area contributed by atoms with Crippen LogP contribution in [0.15, 0.2) is 18.3 Å². The lowest BCUT2D eigenvalue weighted by Gasteiger charge is -2.30. The molecule has 1 aliphatic carbocycles. The highest BCUT2D eigenvalue weighted by atomic mass is 15.2. The molecule has 2 rings (SSSR count). The van der Waals surface area contributed by atoms with E-state index in [1.165, 1.54) is 19.3 Å². The van der Waals surface area contributed by atoms with Crippen LogP contribution in [0, 0.1) is 5.92 Å². The first-order chi connectivity index (χ1) is 7.66. The van der Waals surface area contributed by atoms with E-state index in [1.807, 2.05) is 19.2 Å². The van der Waals surface area contributed by atoms with Gasteiger partial charge < -0.3 is 10.6 Å². The van der Waals surface area contributed by atoms with E-state index in [-0.39, 0.29) is 6.04 Å². The van der Waals surface area contributed by atoms with Gasteiger partial charge in [0.25, 0.3) is 0 Å². The predicted octanol–water partition coefficient (Wildman–Crippen LogP) is 2.34. The van der Waals surface area contributed by atoms with Crippen LogP contribution in [0.2, 0.25) is 0 Å². The summed E-state index contributed by atoms with van der Waals surface area (Å²) in [4.78, 5) is 6.65. The molecule has 1 aromatic heterocycles. The number of hydrogen-bond acceptors (Lipinski definition) is 3. The van der Waals surface area contributed by atoms with Gasteiger partial charge in [0.15, 0.2) is 0 Å². The van der Waals surface area contributed by atoms with Gasteiger partial charge in [-0.05, 0) is 43.4 Å². The molecule has 1 heterocycles. The molecule has 2 N–H and O–H groups in total. The Morgan fingerprint density at radius 2 is 2.31 bits per heavy atom. The molecule has 0 aromatic carbocycles. The number of nitrogens with zero attached hydrogens (tertiary/aromatic N) is 2. The van der Waals surface area contributed by atoms with Crippen LogP contribution in [0.3, 0.4) is 0 Å². The first-order valence-electron chi connectivity index (χ1n) is 6.09. The summed E-state index contributed by atoms with van der Waals surface area (Å²) in [5, 5.41) is 0. The summed E-state index contributed by atoms with van der Waals surface area (Å²) in [6.07, 6.45) is 5.99. The zero-order valence-electron chi connectivity index (χ0n) is 10.2. The van der Waals surface area contributed by atoms with Gasteiger partial charge in [0.05, 0.1) is 0 Å². The van der Waals surface area contributed by atoms with Crippen molar-refractivity contribution in [2.45, 2.75) is 32.2 Å². The molecule has 0 amide bonds. The number of nitrogens with two attached hydrogens (primary N) is 1. The Bertz CT molecular complexity index is 345. The van der Waals surface area contributed by atoms with Crippen LogP contribution < -0.4 is 10.6 Å². The first kappa shape index (κ1) is 11.4. The highest BCUT2D eigenvalue weighted by molar-refractivity contribution is 5.41. The minimum Gasteiger partial charge on any atom is -0.359 e. The number of hydrogen-bond donors (Lipinski definition) is 1. The molecule has 0 aliphatic heterocycles. The topological polar surface area (TPSA) is 42.1 Å². The first-order valence-corrected chi connectivity index (χ1v) is 6.09. The van der Waals surface area contributed by atoms with Crippen molar-refractivity contribution in [1.29, 1.82) is 0 Å². The van der Waals surface area contributed by atoms with Crippen molar-refractivity contribution < 1.29 is 0 Å². The van der Waals surface area contributed by atoms with Crippen molar-refractivity contribution >= 4 is 5.82 Å². The smallest absolute Gasteiger partial charge is 0.128 e. The Morgan fingerprint density at radius 3 is 2.88 bits per heavy atom. The van der Waals surface area contributed by atoms with E-state index in [2.05, 4.69) is 23.0 Å². The Hall–Kier alpha value is -1.09. The molecule has 0 unspecified atom stereocenters. The Kier molecular flexibility index (Phi) is 3.44. The van der Waals surface area contributed by atoms with Gasteiger partial charge >= 0.3 is 0 Å². The average Bonchev–Trinajstić information content (AvgIpc) is 2.23. The van der Waals surface area contributed by atoms with Crippen LogP contribution >= 0.6 is 0 Å². The van der Waals surface area contributed by atoms with E-state index in [9.17, 15) is 0 Å². The van der Waals surface area contributed by atoms with Crippen LogP contribution in [0.4, 0.5) is 5.82 Å². The zero-order chi connectivity index (χ0) is 11.5. The van der Waals surface area contributed by atoms with Crippen molar-refractivity contribution in [2.75, 3.05) is 18.5 Å². The standard InChI is InChI=1S/C13H21N3/c1-10(14)12-6-7-15-13(8-12)16(2)9-11-4-3-5-11/h6-8,10-11H,3-5,9,14H2,1-2H3/t10-/m1/s1. The van der Waals surface area contributed by atoms with E-state index in [4.69, 9.17) is 5.73 Å². The summed E-state index contributed by atoms with van der Waals surface area (Å²) in [6.45, 7) is 3.13. The molecule has 88 valence electrons. The summed E-state index contributed by atoms with van der Waals surface area (Å²) in [5.74, 6) is 1.91. The third-order valence-electron chi connectivity index (χ3n) is 3.44. The Balaban J connectivity index is 2.03. The van der Waals surface area contributed by atoms with Gasteiger partial charge in [-0.1, -0.05) is 6.42 Å². The van der Waals surface area contributed by atoms with Gasteiger partial charge in [0, 0.05) is 25.8 Å². The second-order valence-electron chi connectivity index (χ2n) is 4.91. The van der Waals surface area contributed by atoms with E-state index in [1.54, 1.807) is 0 Å². The fourth-order valence-corrected chi connectivity index (χ4v) is 2.08. The molecule has 1 fully saturated rings. The molecule has 0 saturated heterocycles. The maximum Gasteiger partial charge on any atom is 0.128 e. The number of pyridine rings is 1. The lowest BCUT2D eigenvalue weighted by Crippen LogP contribution is -2.29. The maximum atomic E-state index is 5.88. The van der Waals surface area contributed by atoms with Gasteiger partial charge in [-0.15, -0.1) is 0 Å². The summed E-state index contributed by atoms with van der Waals surface area (Å²) < 4.78 is 0. The second kappa shape index (κ2) is 4.83. The molecule has 1 atom stereocenters. The van der Waals surface area contributed by atoms with Crippen molar-refractivity contribution in [3.05, 3.63) is 23.9 Å². The van der Waals surface area contributed by atoms with Crippen molar-refractivity contribution in [2.24, 2.45) is 11.7 Å². The van der Waals surface area contributed by atoms with Crippen LogP contribution in [0.1, 0.15) is 37.8 Å². The van der Waals surface area contributed by atoms with Gasteiger partial charge in [0.2, 0.25) is 0 Å². The summed E-state index contributed by atoms with van der Waals surface area (Å²) in [6, 6.07) is 4.17. The van der Waals surface area contributed by atoms with Crippen LogP contribution in [-0.4, -0.2) is 18.6 Å². The molecule has 1 saturated carbocycles. The van der Waals surface area contributed by atoms with E-state index < -0.39 is 0 Å². The lowest BCUT2D eigenvalue weighted by molar-refractivity contribution is 0.321. The zero-order valence-corrected chi connectivity index (χ0v) is 10.2. The molecule has 0 spiro atoms. The third kappa shape index (κ3) is 2.53. The molecule has 1 aliphatic rings. The Labute approximate surface area is 97.7 Å². The summed E-state index contributed by atoms with van der Waals surface area (Å²) in [5.41, 5.74) is 7.03.